The van der Waals surface area contributed by atoms with Gasteiger partial charge in [-0.15, -0.1) is 0 Å². The summed E-state index contributed by atoms with van der Waals surface area (Å²) in [6.45, 7) is 4.39. The van der Waals surface area contributed by atoms with Crippen molar-refractivity contribution in [1.82, 2.24) is 0 Å². The number of likely N-dealkylation sites (N-methyl/N-ethyl adjacent to an activating group) is 1. The number of esters is 2. The van der Waals surface area contributed by atoms with Crippen LogP contribution in [-0.4, -0.2) is 80.6 Å². The fraction of sp³-hybridized carbons (Fsp3) is 0.531. The lowest BCUT2D eigenvalue weighted by atomic mass is 10.1. The predicted molar refractivity (Wildman–Crippen MR) is 238 cm³/mol. The molecule has 0 saturated carbocycles. The van der Waals surface area contributed by atoms with Gasteiger partial charge in [0.15, 0.2) is 12.1 Å². The highest BCUT2D eigenvalue weighted by molar-refractivity contribution is 5.72. The molecule has 8 nitrogen and oxygen atoms in total. The average molecular weight is 791 g/mol. The SMILES string of the molecule is CC/C=C/C=C/C=C/C=C/C=C/CCCCCC(=O)OC(COCCC(C(=O)O)[N+](C)(C)C)COC(=O)CCCCCCC/C=C/C=C/C=C/C=C/C=C/CCC. The van der Waals surface area contributed by atoms with Gasteiger partial charge in [-0.25, -0.2) is 4.79 Å². The molecule has 318 valence electrons. The Morgan fingerprint density at radius 3 is 1.47 bits per heavy atom. The van der Waals surface area contributed by atoms with Gasteiger partial charge in [-0.05, 0) is 51.4 Å². The standard InChI is InChI=1S/C49H75NO7/c1-6-8-10-12-14-16-18-20-22-23-24-26-27-29-31-33-35-37-39-47(51)56-44-45(43-55-42-41-46(49(53)54)50(3,4)5)57-48(52)40-38-36-34-32-30-28-25-21-19-17-15-13-11-9-7-2/h9-26,28,30,45-46H,6-8,27,29,31-44H2,1-5H3/p+1/b11-9+,12-10+,15-13+,16-14+,19-17+,20-18+,23-22+,25-21+,26-24+,30-28+. The zero-order valence-corrected chi connectivity index (χ0v) is 36.0. The summed E-state index contributed by atoms with van der Waals surface area (Å²) in [4.78, 5) is 36.9. The topological polar surface area (TPSA) is 99.1 Å². The van der Waals surface area contributed by atoms with Crippen molar-refractivity contribution in [2.45, 2.75) is 129 Å². The second kappa shape index (κ2) is 38.6. The molecule has 0 radical (unpaired) electrons. The Balaban J connectivity index is 4.54. The summed E-state index contributed by atoms with van der Waals surface area (Å²) in [5.74, 6) is -1.58. The van der Waals surface area contributed by atoms with E-state index in [2.05, 4.69) is 50.3 Å². The molecular weight excluding hydrogens is 715 g/mol. The van der Waals surface area contributed by atoms with Crippen molar-refractivity contribution in [1.29, 1.82) is 0 Å². The molecule has 0 rings (SSSR count). The number of aliphatic carboxylic acids is 1. The fourth-order valence-corrected chi connectivity index (χ4v) is 5.32. The normalized spacial score (nSPS) is 14.2. The number of carbonyl (C=O) groups is 3. The van der Waals surface area contributed by atoms with Crippen LogP contribution in [0.5, 0.6) is 0 Å². The van der Waals surface area contributed by atoms with Gasteiger partial charge in [-0.2, -0.15) is 0 Å². The maximum atomic E-state index is 12.7. The molecule has 0 spiro atoms. The van der Waals surface area contributed by atoms with Gasteiger partial charge in [0.1, 0.15) is 6.61 Å². The molecule has 0 aliphatic rings. The van der Waals surface area contributed by atoms with Crippen LogP contribution in [0.3, 0.4) is 0 Å². The number of carboxylic acid groups (broad SMARTS) is 1. The number of allylic oxidation sites excluding steroid dienone is 20. The molecular formula is C49H76NO7+. The highest BCUT2D eigenvalue weighted by Gasteiger charge is 2.31. The number of unbranched alkanes of at least 4 members (excludes halogenated alkanes) is 9. The molecule has 0 bridgehead atoms. The van der Waals surface area contributed by atoms with E-state index in [1.807, 2.05) is 106 Å². The number of hydrogen-bond donors (Lipinski definition) is 1. The zero-order chi connectivity index (χ0) is 42.1. The smallest absolute Gasteiger partial charge is 0.362 e. The molecule has 2 atom stereocenters. The minimum absolute atomic E-state index is 0.0253. The molecule has 0 aromatic heterocycles. The second-order valence-corrected chi connectivity index (χ2v) is 14.8. The fourth-order valence-electron chi connectivity index (χ4n) is 5.32. The lowest BCUT2D eigenvalue weighted by Crippen LogP contribution is -2.50. The van der Waals surface area contributed by atoms with Crippen LogP contribution in [0.15, 0.2) is 122 Å². The lowest BCUT2D eigenvalue weighted by Gasteiger charge is -2.31. The minimum Gasteiger partial charge on any atom is -0.477 e. The molecule has 0 aliphatic heterocycles. The van der Waals surface area contributed by atoms with Gasteiger partial charge in [-0.3, -0.25) is 9.59 Å². The molecule has 0 fully saturated rings. The van der Waals surface area contributed by atoms with Gasteiger partial charge >= 0.3 is 17.9 Å². The third kappa shape index (κ3) is 37.1. The first-order valence-electron chi connectivity index (χ1n) is 21.2. The Labute approximate surface area is 346 Å². The summed E-state index contributed by atoms with van der Waals surface area (Å²) < 4.78 is 17.2. The summed E-state index contributed by atoms with van der Waals surface area (Å²) in [7, 11) is 5.48. The number of carboxylic acids is 1. The van der Waals surface area contributed by atoms with Crippen LogP contribution in [0.2, 0.25) is 0 Å². The first-order valence-corrected chi connectivity index (χ1v) is 21.2. The van der Waals surface area contributed by atoms with Crippen LogP contribution in [0, 0.1) is 0 Å². The van der Waals surface area contributed by atoms with Gasteiger partial charge in [0.25, 0.3) is 0 Å². The molecule has 2 unspecified atom stereocenters. The van der Waals surface area contributed by atoms with Crippen molar-refractivity contribution >= 4 is 17.9 Å². The van der Waals surface area contributed by atoms with E-state index in [4.69, 9.17) is 14.2 Å². The van der Waals surface area contributed by atoms with Crippen LogP contribution in [-0.2, 0) is 28.6 Å². The Morgan fingerprint density at radius 2 is 0.982 bits per heavy atom. The largest absolute Gasteiger partial charge is 0.477 e. The number of rotatable bonds is 35. The molecule has 0 aromatic carbocycles. The van der Waals surface area contributed by atoms with E-state index in [-0.39, 0.29) is 42.7 Å². The van der Waals surface area contributed by atoms with E-state index in [0.717, 1.165) is 70.6 Å². The van der Waals surface area contributed by atoms with Gasteiger partial charge in [0.05, 0.1) is 34.4 Å². The molecule has 1 N–H and O–H groups in total. The summed E-state index contributed by atoms with van der Waals surface area (Å²) in [5.41, 5.74) is 0. The van der Waals surface area contributed by atoms with E-state index in [9.17, 15) is 19.5 Å². The highest BCUT2D eigenvalue weighted by Crippen LogP contribution is 2.12. The van der Waals surface area contributed by atoms with Crippen molar-refractivity contribution in [3.05, 3.63) is 122 Å². The number of quaternary nitrogens is 1. The summed E-state index contributed by atoms with van der Waals surface area (Å²) in [5, 5.41) is 9.61. The number of nitrogens with zero attached hydrogens (tertiary/aromatic N) is 1. The monoisotopic (exact) mass is 791 g/mol. The van der Waals surface area contributed by atoms with Gasteiger partial charge in [0.2, 0.25) is 0 Å². The lowest BCUT2D eigenvalue weighted by molar-refractivity contribution is -0.887. The van der Waals surface area contributed by atoms with Gasteiger partial charge in [-0.1, -0.05) is 167 Å². The number of carbonyl (C=O) groups excluding carboxylic acids is 2. The maximum Gasteiger partial charge on any atom is 0.362 e. The molecule has 0 heterocycles. The van der Waals surface area contributed by atoms with Gasteiger partial charge < -0.3 is 23.8 Å². The zero-order valence-electron chi connectivity index (χ0n) is 36.0. The van der Waals surface area contributed by atoms with Crippen molar-refractivity contribution in [2.75, 3.05) is 41.0 Å². The Bertz CT molecular complexity index is 1340. The first kappa shape index (κ1) is 52.7. The number of hydrogen-bond acceptors (Lipinski definition) is 6. The van der Waals surface area contributed by atoms with Crippen LogP contribution >= 0.6 is 0 Å². The molecule has 0 amide bonds. The molecule has 0 saturated heterocycles. The van der Waals surface area contributed by atoms with E-state index in [1.54, 1.807) is 0 Å². The van der Waals surface area contributed by atoms with Crippen LogP contribution in [0.4, 0.5) is 0 Å². The summed E-state index contributed by atoms with van der Waals surface area (Å²) in [6, 6.07) is -0.635. The quantitative estimate of drug-likeness (QED) is 0.0295. The van der Waals surface area contributed by atoms with E-state index in [1.165, 1.54) is 6.42 Å². The van der Waals surface area contributed by atoms with E-state index < -0.39 is 18.1 Å². The van der Waals surface area contributed by atoms with E-state index >= 15 is 0 Å². The summed E-state index contributed by atoms with van der Waals surface area (Å²) in [6.07, 6.45) is 53.8. The third-order valence-corrected chi connectivity index (χ3v) is 8.58. The second-order valence-electron chi connectivity index (χ2n) is 14.8. The Kier molecular flexibility index (Phi) is 35.7. The Morgan fingerprint density at radius 1 is 0.544 bits per heavy atom. The van der Waals surface area contributed by atoms with Crippen LogP contribution in [0.25, 0.3) is 0 Å². The highest BCUT2D eigenvalue weighted by atomic mass is 16.6. The van der Waals surface area contributed by atoms with Crippen molar-refractivity contribution in [3.8, 4) is 0 Å². The van der Waals surface area contributed by atoms with Crippen LogP contribution in [0.1, 0.15) is 117 Å². The third-order valence-electron chi connectivity index (χ3n) is 8.58. The van der Waals surface area contributed by atoms with E-state index in [0.29, 0.717) is 19.3 Å². The maximum absolute atomic E-state index is 12.7. The predicted octanol–water partition coefficient (Wildman–Crippen LogP) is 11.5. The van der Waals surface area contributed by atoms with Crippen molar-refractivity contribution < 1.29 is 38.2 Å². The summed E-state index contributed by atoms with van der Waals surface area (Å²) >= 11 is 0. The molecule has 57 heavy (non-hydrogen) atoms. The van der Waals surface area contributed by atoms with Crippen molar-refractivity contribution in [2.24, 2.45) is 0 Å². The minimum atomic E-state index is -0.894. The van der Waals surface area contributed by atoms with Crippen molar-refractivity contribution in [3.63, 3.8) is 0 Å². The first-order chi connectivity index (χ1) is 27.6. The Hall–Kier alpha value is -4.27. The molecule has 8 heteroatoms. The number of ether oxygens (including phenoxy) is 3. The molecule has 0 aromatic rings. The average Bonchev–Trinajstić information content (AvgIpc) is 3.17. The van der Waals surface area contributed by atoms with Crippen LogP contribution < -0.4 is 0 Å². The van der Waals surface area contributed by atoms with Gasteiger partial charge in [0, 0.05) is 19.3 Å². The molecule has 0 aliphatic carbocycles.